The van der Waals surface area contributed by atoms with E-state index in [4.69, 9.17) is 4.74 Å². The number of rotatable bonds is 6. The third kappa shape index (κ3) is 4.97. The van der Waals surface area contributed by atoms with Crippen LogP contribution in [0, 0.1) is 5.41 Å². The van der Waals surface area contributed by atoms with Crippen LogP contribution in [0.2, 0.25) is 0 Å². The lowest BCUT2D eigenvalue weighted by molar-refractivity contribution is -0.153. The molecular weight excluding hydrogens is 202 g/mol. The topological polar surface area (TPSA) is 38.3 Å². The predicted molar refractivity (Wildman–Crippen MR) is 65.3 cm³/mol. The zero-order valence-electron chi connectivity index (χ0n) is 11.1. The first kappa shape index (κ1) is 13.5. The molecule has 0 atom stereocenters. The second-order valence-electron chi connectivity index (χ2n) is 5.94. The van der Waals surface area contributed by atoms with Crippen LogP contribution in [0.5, 0.6) is 0 Å². The summed E-state index contributed by atoms with van der Waals surface area (Å²) < 4.78 is 5.23. The molecule has 0 aromatic carbocycles. The van der Waals surface area contributed by atoms with Crippen LogP contribution in [-0.2, 0) is 9.53 Å². The van der Waals surface area contributed by atoms with Crippen molar-refractivity contribution in [1.82, 2.24) is 5.32 Å². The van der Waals surface area contributed by atoms with E-state index < -0.39 is 0 Å². The largest absolute Gasteiger partial charge is 0.459 e. The highest BCUT2D eigenvalue weighted by Crippen LogP contribution is 2.48. The van der Waals surface area contributed by atoms with E-state index in [2.05, 4.69) is 12.2 Å². The van der Waals surface area contributed by atoms with Crippen LogP contribution in [-0.4, -0.2) is 24.7 Å². The summed E-state index contributed by atoms with van der Waals surface area (Å²) in [4.78, 5) is 11.4. The highest BCUT2D eigenvalue weighted by atomic mass is 16.6. The molecule has 1 fully saturated rings. The van der Waals surface area contributed by atoms with Crippen molar-refractivity contribution in [3.63, 3.8) is 0 Å². The predicted octanol–water partition coefficient (Wildman–Crippen LogP) is 2.50. The van der Waals surface area contributed by atoms with Crippen LogP contribution < -0.4 is 5.32 Å². The van der Waals surface area contributed by atoms with Gasteiger partial charge in [0.15, 0.2) is 0 Å². The van der Waals surface area contributed by atoms with Gasteiger partial charge >= 0.3 is 5.97 Å². The van der Waals surface area contributed by atoms with E-state index in [-0.39, 0.29) is 11.6 Å². The second-order valence-corrected chi connectivity index (χ2v) is 5.94. The molecule has 1 N–H and O–H groups in total. The van der Waals surface area contributed by atoms with E-state index in [0.29, 0.717) is 12.0 Å². The van der Waals surface area contributed by atoms with Gasteiger partial charge in [-0.25, -0.2) is 0 Å². The molecular formula is C13H25NO2. The van der Waals surface area contributed by atoms with Crippen molar-refractivity contribution in [3.8, 4) is 0 Å². The normalized spacial score (nSPS) is 18.2. The number of carbonyl (C=O) groups is 1. The molecule has 94 valence electrons. The molecule has 0 aromatic heterocycles. The minimum absolute atomic E-state index is 0.153. The summed E-state index contributed by atoms with van der Waals surface area (Å²) in [5.41, 5.74) is 0.121. The van der Waals surface area contributed by atoms with Crippen LogP contribution in [0.1, 0.15) is 53.4 Å². The van der Waals surface area contributed by atoms with Crippen molar-refractivity contribution in [3.05, 3.63) is 0 Å². The lowest BCUT2D eigenvalue weighted by Gasteiger charge is -2.20. The molecule has 1 aliphatic rings. The van der Waals surface area contributed by atoms with Gasteiger partial charge in [0.1, 0.15) is 5.60 Å². The van der Waals surface area contributed by atoms with Crippen molar-refractivity contribution in [1.29, 1.82) is 0 Å². The molecule has 0 aromatic rings. The Morgan fingerprint density at radius 1 is 1.38 bits per heavy atom. The first-order valence-electron chi connectivity index (χ1n) is 6.29. The molecule has 1 saturated carbocycles. The molecule has 0 amide bonds. The van der Waals surface area contributed by atoms with Gasteiger partial charge in [0.2, 0.25) is 0 Å². The average Bonchev–Trinajstić information content (AvgIpc) is 2.82. The van der Waals surface area contributed by atoms with Gasteiger partial charge in [0, 0.05) is 6.54 Å². The molecule has 0 saturated heterocycles. The summed E-state index contributed by atoms with van der Waals surface area (Å²) in [6, 6.07) is 0. The summed E-state index contributed by atoms with van der Waals surface area (Å²) in [6.45, 7) is 9.19. The maximum Gasteiger partial charge on any atom is 0.320 e. The van der Waals surface area contributed by atoms with Crippen molar-refractivity contribution in [2.75, 3.05) is 13.1 Å². The van der Waals surface area contributed by atoms with Crippen molar-refractivity contribution < 1.29 is 9.53 Å². The molecule has 0 heterocycles. The maximum absolute atomic E-state index is 11.4. The molecule has 3 nitrogen and oxygen atoms in total. The van der Waals surface area contributed by atoms with Crippen molar-refractivity contribution in [2.45, 2.75) is 59.0 Å². The molecule has 0 aliphatic heterocycles. The maximum atomic E-state index is 11.4. The Morgan fingerprint density at radius 2 is 2.00 bits per heavy atom. The van der Waals surface area contributed by atoms with Gasteiger partial charge in [-0.1, -0.05) is 13.3 Å². The fourth-order valence-electron chi connectivity index (χ4n) is 2.03. The van der Waals surface area contributed by atoms with Gasteiger partial charge < -0.3 is 10.1 Å². The highest BCUT2D eigenvalue weighted by molar-refractivity contribution is 5.72. The Labute approximate surface area is 98.9 Å². The molecule has 0 unspecified atom stereocenters. The van der Waals surface area contributed by atoms with Crippen molar-refractivity contribution >= 4 is 5.97 Å². The minimum Gasteiger partial charge on any atom is -0.459 e. The van der Waals surface area contributed by atoms with E-state index in [9.17, 15) is 4.79 Å². The van der Waals surface area contributed by atoms with Gasteiger partial charge in [-0.2, -0.15) is 0 Å². The Balaban J connectivity index is 2.14. The average molecular weight is 227 g/mol. The van der Waals surface area contributed by atoms with Crippen LogP contribution in [0.25, 0.3) is 0 Å². The SMILES string of the molecule is CCCC1(CNCC(=O)OC(C)(C)C)CC1. The minimum atomic E-state index is -0.376. The zero-order chi connectivity index (χ0) is 12.2. The standard InChI is InChI=1S/C13H25NO2/c1-5-6-13(7-8-13)10-14-9-11(15)16-12(2,3)4/h14H,5-10H2,1-4H3. The monoisotopic (exact) mass is 227 g/mol. The van der Waals surface area contributed by atoms with Gasteiger partial charge in [-0.05, 0) is 45.4 Å². The molecule has 3 heteroatoms. The fourth-order valence-corrected chi connectivity index (χ4v) is 2.03. The van der Waals surface area contributed by atoms with Crippen LogP contribution in [0.15, 0.2) is 0 Å². The summed E-state index contributed by atoms with van der Waals surface area (Å²) in [5, 5.41) is 3.22. The van der Waals surface area contributed by atoms with E-state index in [1.54, 1.807) is 0 Å². The molecule has 0 bridgehead atoms. The third-order valence-electron chi connectivity index (χ3n) is 2.93. The molecule has 16 heavy (non-hydrogen) atoms. The van der Waals surface area contributed by atoms with E-state index in [0.717, 1.165) is 6.54 Å². The molecule has 1 rings (SSSR count). The number of hydrogen-bond donors (Lipinski definition) is 1. The zero-order valence-corrected chi connectivity index (χ0v) is 11.1. The second kappa shape index (κ2) is 5.17. The smallest absolute Gasteiger partial charge is 0.320 e. The molecule has 0 spiro atoms. The summed E-state index contributed by atoms with van der Waals surface area (Å²) >= 11 is 0. The van der Waals surface area contributed by atoms with Crippen molar-refractivity contribution in [2.24, 2.45) is 5.41 Å². The quantitative estimate of drug-likeness (QED) is 0.709. The van der Waals surface area contributed by atoms with Gasteiger partial charge in [-0.3, -0.25) is 4.79 Å². The molecule has 1 aliphatic carbocycles. The van der Waals surface area contributed by atoms with Crippen LogP contribution >= 0.6 is 0 Å². The Kier molecular flexibility index (Phi) is 4.36. The summed E-state index contributed by atoms with van der Waals surface area (Å²) in [7, 11) is 0. The Morgan fingerprint density at radius 3 is 2.44 bits per heavy atom. The highest BCUT2D eigenvalue weighted by Gasteiger charge is 2.40. The number of nitrogens with one attached hydrogen (secondary N) is 1. The first-order chi connectivity index (χ1) is 7.37. The third-order valence-corrected chi connectivity index (χ3v) is 2.93. The number of carbonyl (C=O) groups excluding carboxylic acids is 1. The molecule has 0 radical (unpaired) electrons. The fraction of sp³-hybridized carbons (Fsp3) is 0.923. The van der Waals surface area contributed by atoms with Crippen LogP contribution in [0.3, 0.4) is 0 Å². The number of hydrogen-bond acceptors (Lipinski definition) is 3. The Hall–Kier alpha value is -0.570. The summed E-state index contributed by atoms with van der Waals surface area (Å²) in [5.74, 6) is -0.153. The first-order valence-corrected chi connectivity index (χ1v) is 6.29. The van der Waals surface area contributed by atoms with Gasteiger partial charge in [0.05, 0.1) is 6.54 Å². The van der Waals surface area contributed by atoms with Gasteiger partial charge in [-0.15, -0.1) is 0 Å². The Bertz CT molecular complexity index is 239. The van der Waals surface area contributed by atoms with E-state index in [1.807, 2.05) is 20.8 Å². The number of ether oxygens (including phenoxy) is 1. The number of esters is 1. The summed E-state index contributed by atoms with van der Waals surface area (Å²) in [6.07, 6.45) is 5.12. The van der Waals surface area contributed by atoms with E-state index in [1.165, 1.54) is 25.7 Å². The van der Waals surface area contributed by atoms with Gasteiger partial charge in [0.25, 0.3) is 0 Å². The lowest BCUT2D eigenvalue weighted by atomic mass is 10.0. The van der Waals surface area contributed by atoms with E-state index >= 15 is 0 Å². The lowest BCUT2D eigenvalue weighted by Crippen LogP contribution is -2.34. The van der Waals surface area contributed by atoms with Crippen LogP contribution in [0.4, 0.5) is 0 Å².